The Morgan fingerprint density at radius 1 is 1.15 bits per heavy atom. The topological polar surface area (TPSA) is 42.2 Å². The average Bonchev–Trinajstić information content (AvgIpc) is 3.29. The summed E-state index contributed by atoms with van der Waals surface area (Å²) in [5.41, 5.74) is 7.24. The summed E-state index contributed by atoms with van der Waals surface area (Å²) < 4.78 is 0. The van der Waals surface area contributed by atoms with Gasteiger partial charge in [-0.25, -0.2) is 4.98 Å². The third-order valence-corrected chi connectivity index (χ3v) is 5.34. The minimum atomic E-state index is 0.0916. The number of rotatable bonds is 6. The molecule has 2 aliphatic carbocycles. The van der Waals surface area contributed by atoms with E-state index in [0.29, 0.717) is 6.54 Å². The maximum atomic E-state index is 5.94. The molecule has 0 radical (unpaired) electrons. The Morgan fingerprint density at radius 2 is 1.70 bits per heavy atom. The second-order valence-electron chi connectivity index (χ2n) is 7.51. The van der Waals surface area contributed by atoms with Gasteiger partial charge in [0, 0.05) is 29.9 Å². The Hall–Kier alpha value is -0.610. The van der Waals surface area contributed by atoms with Crippen LogP contribution in [0.3, 0.4) is 0 Å². The molecule has 2 fully saturated rings. The highest BCUT2D eigenvalue weighted by atomic mass is 32.1. The summed E-state index contributed by atoms with van der Waals surface area (Å²) in [4.78, 5) is 8.80. The van der Waals surface area contributed by atoms with Gasteiger partial charge in [0.15, 0.2) is 5.13 Å². The number of hydrogen-bond acceptors (Lipinski definition) is 4. The number of aromatic nitrogens is 1. The van der Waals surface area contributed by atoms with Gasteiger partial charge in [-0.1, -0.05) is 20.8 Å². The number of hydrogen-bond donors (Lipinski definition) is 1. The van der Waals surface area contributed by atoms with E-state index in [1.54, 1.807) is 0 Å². The second kappa shape index (κ2) is 5.30. The van der Waals surface area contributed by atoms with Gasteiger partial charge in [-0.05, 0) is 37.5 Å². The van der Waals surface area contributed by atoms with Gasteiger partial charge in [0.25, 0.3) is 0 Å². The second-order valence-corrected chi connectivity index (χ2v) is 8.58. The highest BCUT2D eigenvalue weighted by Gasteiger charge is 2.32. The van der Waals surface area contributed by atoms with Crippen LogP contribution in [0.5, 0.6) is 0 Å². The van der Waals surface area contributed by atoms with Crippen LogP contribution in [0, 0.1) is 11.8 Å². The van der Waals surface area contributed by atoms with Crippen LogP contribution in [0.1, 0.15) is 57.0 Å². The molecule has 0 amide bonds. The molecule has 20 heavy (non-hydrogen) atoms. The third kappa shape index (κ3) is 3.34. The van der Waals surface area contributed by atoms with Crippen molar-refractivity contribution in [3.63, 3.8) is 0 Å². The molecule has 0 atom stereocenters. The van der Waals surface area contributed by atoms with Crippen LogP contribution >= 0.6 is 11.3 Å². The van der Waals surface area contributed by atoms with Gasteiger partial charge < -0.3 is 10.6 Å². The normalized spacial score (nSPS) is 19.4. The van der Waals surface area contributed by atoms with Gasteiger partial charge >= 0.3 is 0 Å². The van der Waals surface area contributed by atoms with E-state index in [9.17, 15) is 0 Å². The van der Waals surface area contributed by atoms with Crippen LogP contribution in [0.2, 0.25) is 0 Å². The fraction of sp³-hybridized carbons (Fsp3) is 0.812. The van der Waals surface area contributed by atoms with Crippen molar-refractivity contribution in [1.29, 1.82) is 0 Å². The van der Waals surface area contributed by atoms with Crippen molar-refractivity contribution in [2.75, 3.05) is 18.0 Å². The van der Waals surface area contributed by atoms with Crippen molar-refractivity contribution in [1.82, 2.24) is 4.98 Å². The Morgan fingerprint density at radius 3 is 2.05 bits per heavy atom. The molecule has 0 saturated heterocycles. The highest BCUT2D eigenvalue weighted by Crippen LogP contribution is 2.39. The zero-order chi connectivity index (χ0) is 14.3. The van der Waals surface area contributed by atoms with Gasteiger partial charge in [0.2, 0.25) is 0 Å². The lowest BCUT2D eigenvalue weighted by Crippen LogP contribution is -2.28. The van der Waals surface area contributed by atoms with E-state index >= 15 is 0 Å². The first kappa shape index (κ1) is 14.3. The molecule has 1 aromatic rings. The largest absolute Gasteiger partial charge is 0.348 e. The van der Waals surface area contributed by atoms with Gasteiger partial charge in [-0.3, -0.25) is 0 Å². The molecule has 1 aromatic heterocycles. The molecule has 2 aliphatic rings. The number of anilines is 1. The van der Waals surface area contributed by atoms with Crippen LogP contribution in [0.15, 0.2) is 0 Å². The minimum Gasteiger partial charge on any atom is -0.348 e. The van der Waals surface area contributed by atoms with Crippen molar-refractivity contribution >= 4 is 16.5 Å². The van der Waals surface area contributed by atoms with E-state index in [1.807, 2.05) is 11.3 Å². The molecule has 0 aromatic carbocycles. The lowest BCUT2D eigenvalue weighted by Gasteiger charge is -2.22. The van der Waals surface area contributed by atoms with Crippen molar-refractivity contribution < 1.29 is 0 Å². The zero-order valence-corrected chi connectivity index (χ0v) is 13.8. The van der Waals surface area contributed by atoms with E-state index in [0.717, 1.165) is 11.8 Å². The maximum absolute atomic E-state index is 5.94. The lowest BCUT2D eigenvalue weighted by atomic mass is 9.91. The molecule has 112 valence electrons. The third-order valence-electron chi connectivity index (χ3n) is 4.20. The molecular weight excluding hydrogens is 266 g/mol. The van der Waals surface area contributed by atoms with Gasteiger partial charge in [-0.2, -0.15) is 0 Å². The fourth-order valence-electron chi connectivity index (χ4n) is 2.65. The van der Waals surface area contributed by atoms with Crippen molar-refractivity contribution in [2.24, 2.45) is 17.6 Å². The summed E-state index contributed by atoms with van der Waals surface area (Å²) in [6, 6.07) is 0. The zero-order valence-electron chi connectivity index (χ0n) is 13.0. The smallest absolute Gasteiger partial charge is 0.185 e. The monoisotopic (exact) mass is 293 g/mol. The molecule has 0 bridgehead atoms. The van der Waals surface area contributed by atoms with Crippen LogP contribution in [-0.2, 0) is 12.0 Å². The SMILES string of the molecule is CC(C)(C)c1nc(N(CC2CC2)CC2CC2)sc1CN. The van der Waals surface area contributed by atoms with Crippen molar-refractivity contribution in [3.05, 3.63) is 10.6 Å². The number of nitrogens with zero attached hydrogens (tertiary/aromatic N) is 2. The molecule has 3 rings (SSSR count). The van der Waals surface area contributed by atoms with E-state index < -0.39 is 0 Å². The van der Waals surface area contributed by atoms with Crippen molar-refractivity contribution in [2.45, 2.75) is 58.4 Å². The molecule has 2 N–H and O–H groups in total. The molecule has 2 saturated carbocycles. The maximum Gasteiger partial charge on any atom is 0.185 e. The standard InChI is InChI=1S/C16H27N3S/c1-16(2,3)14-13(8-17)20-15(18-14)19(9-11-4-5-11)10-12-6-7-12/h11-12H,4-10,17H2,1-3H3. The summed E-state index contributed by atoms with van der Waals surface area (Å²) >= 11 is 1.82. The average molecular weight is 293 g/mol. The van der Waals surface area contributed by atoms with E-state index in [-0.39, 0.29) is 5.41 Å². The van der Waals surface area contributed by atoms with Crippen LogP contribution in [0.4, 0.5) is 5.13 Å². The van der Waals surface area contributed by atoms with Gasteiger partial charge in [0.05, 0.1) is 5.69 Å². The van der Waals surface area contributed by atoms with E-state index in [4.69, 9.17) is 10.7 Å². The van der Waals surface area contributed by atoms with E-state index in [2.05, 4.69) is 25.7 Å². The number of thiazole rings is 1. The predicted octanol–water partition coefficient (Wildman–Crippen LogP) is 3.53. The first-order valence-electron chi connectivity index (χ1n) is 7.92. The lowest BCUT2D eigenvalue weighted by molar-refractivity contribution is 0.564. The molecule has 4 heteroatoms. The van der Waals surface area contributed by atoms with E-state index in [1.165, 1.54) is 54.5 Å². The molecular formula is C16H27N3S. The first-order chi connectivity index (χ1) is 9.47. The Kier molecular flexibility index (Phi) is 3.80. The molecule has 0 aliphatic heterocycles. The minimum absolute atomic E-state index is 0.0916. The Bertz CT molecular complexity index is 453. The molecule has 0 unspecified atom stereocenters. The van der Waals surface area contributed by atoms with Gasteiger partial charge in [0.1, 0.15) is 0 Å². The van der Waals surface area contributed by atoms with Crippen LogP contribution in [0.25, 0.3) is 0 Å². The summed E-state index contributed by atoms with van der Waals surface area (Å²) in [6.07, 6.45) is 5.62. The van der Waals surface area contributed by atoms with Gasteiger partial charge in [-0.15, -0.1) is 11.3 Å². The summed E-state index contributed by atoms with van der Waals surface area (Å²) in [5.74, 6) is 1.83. The molecule has 0 spiro atoms. The first-order valence-corrected chi connectivity index (χ1v) is 8.74. The van der Waals surface area contributed by atoms with Crippen LogP contribution < -0.4 is 10.6 Å². The molecule has 3 nitrogen and oxygen atoms in total. The molecule has 1 heterocycles. The number of nitrogens with two attached hydrogens (primary N) is 1. The summed E-state index contributed by atoms with van der Waals surface area (Å²) in [6.45, 7) is 9.73. The highest BCUT2D eigenvalue weighted by molar-refractivity contribution is 7.15. The predicted molar refractivity (Wildman–Crippen MR) is 86.4 cm³/mol. The Labute approximate surface area is 126 Å². The fourth-order valence-corrected chi connectivity index (χ4v) is 3.82. The Balaban J connectivity index is 1.83. The summed E-state index contributed by atoms with van der Waals surface area (Å²) in [5, 5.41) is 1.22. The quantitative estimate of drug-likeness (QED) is 0.872. The van der Waals surface area contributed by atoms with Crippen LogP contribution in [-0.4, -0.2) is 18.1 Å². The van der Waals surface area contributed by atoms with Crippen molar-refractivity contribution in [3.8, 4) is 0 Å². The summed E-state index contributed by atoms with van der Waals surface area (Å²) in [7, 11) is 0.